The first-order valence-corrected chi connectivity index (χ1v) is 10.6. The summed E-state index contributed by atoms with van der Waals surface area (Å²) in [6, 6.07) is 29.7. The molecule has 0 aromatic heterocycles. The Bertz CT molecular complexity index is 748. The number of rotatable bonds is 5. The Morgan fingerprint density at radius 1 is 0.615 bits per heavy atom. The molecule has 0 aliphatic heterocycles. The topological polar surface area (TPSA) is 28.0 Å². The maximum atomic E-state index is 4.73. The van der Waals surface area contributed by atoms with Gasteiger partial charge in [0, 0.05) is 5.69 Å². The van der Waals surface area contributed by atoms with Gasteiger partial charge < -0.3 is 0 Å². The van der Waals surface area contributed by atoms with Gasteiger partial charge in [0.05, 0.1) is 11.4 Å². The Morgan fingerprint density at radius 2 is 0.962 bits per heavy atom. The number of nitrogens with zero attached hydrogens (tertiary/aromatic N) is 3. The van der Waals surface area contributed by atoms with Gasteiger partial charge in [-0.1, -0.05) is 54.6 Å². The molecule has 0 saturated heterocycles. The second kappa shape index (κ2) is 12.3. The fourth-order valence-corrected chi connectivity index (χ4v) is 2.05. The third kappa shape index (κ3) is 7.41. The molecule has 0 saturated carbocycles. The van der Waals surface area contributed by atoms with E-state index >= 15 is 0 Å². The fraction of sp³-hybridized carbons (Fsp3) is 0. The van der Waals surface area contributed by atoms with Crippen molar-refractivity contribution in [2.75, 3.05) is 4.90 Å². The van der Waals surface area contributed by atoms with Crippen molar-refractivity contribution in [3.8, 4) is 0 Å². The average Bonchev–Trinajstić information content (AvgIpc) is 2.71. The first kappa shape index (κ1) is 20.2. The van der Waals surface area contributed by atoms with Gasteiger partial charge in [0.1, 0.15) is 12.7 Å². The summed E-state index contributed by atoms with van der Waals surface area (Å²) >= 11 is 0.382. The molecule has 6 heteroatoms. The Labute approximate surface area is 168 Å². The molecule has 0 fully saturated rings. The van der Waals surface area contributed by atoms with E-state index in [-0.39, 0.29) is 0 Å². The van der Waals surface area contributed by atoms with E-state index in [4.69, 9.17) is 20.3 Å². The second-order valence-electron chi connectivity index (χ2n) is 4.95. The first-order chi connectivity index (χ1) is 12.8. The van der Waals surface area contributed by atoms with E-state index in [1.165, 1.54) is 0 Å². The molecule has 3 aromatic rings. The zero-order valence-electron chi connectivity index (χ0n) is 13.7. The van der Waals surface area contributed by atoms with E-state index in [9.17, 15) is 0 Å². The molecule has 0 bridgehead atoms. The summed E-state index contributed by atoms with van der Waals surface area (Å²) in [5.74, 6) is 0. The molecule has 0 spiro atoms. The number of aliphatic imine (C=N–C) groups is 2. The molecule has 0 aliphatic rings. The summed E-state index contributed by atoms with van der Waals surface area (Å²) < 4.78 is 0. The summed E-state index contributed by atoms with van der Waals surface area (Å²) in [5.41, 5.74) is 2.81. The normalized spacial score (nSPS) is 10.7. The standard InChI is InChI=1S/C20H17N3.2ClH.Co/c1-4-10-18(11-5-1)21-16-23(20-14-8-3-9-15-20)17-22-19-12-6-2-7-13-19;;;/h1-17H;2*1H;/q;;;+2/p-2. The molecule has 0 unspecified atom stereocenters. The van der Waals surface area contributed by atoms with Gasteiger partial charge in [-0.25, -0.2) is 9.98 Å². The van der Waals surface area contributed by atoms with Gasteiger partial charge in [-0.15, -0.1) is 0 Å². The van der Waals surface area contributed by atoms with Crippen molar-refractivity contribution in [3.63, 3.8) is 0 Å². The molecular formula is C20H17Cl2CoN3. The molecule has 0 heterocycles. The van der Waals surface area contributed by atoms with E-state index in [0.717, 1.165) is 17.1 Å². The van der Waals surface area contributed by atoms with E-state index in [2.05, 4.69) is 9.98 Å². The second-order valence-corrected chi connectivity index (χ2v) is 6.67. The molecule has 0 amide bonds. The molecule has 3 rings (SSSR count). The number of benzene rings is 3. The predicted octanol–water partition coefficient (Wildman–Crippen LogP) is 6.59. The van der Waals surface area contributed by atoms with Crippen molar-refractivity contribution in [3.05, 3.63) is 91.0 Å². The zero-order chi connectivity index (χ0) is 18.5. The molecule has 3 aromatic carbocycles. The molecule has 0 aliphatic carbocycles. The quantitative estimate of drug-likeness (QED) is 0.332. The van der Waals surface area contributed by atoms with Gasteiger partial charge in [-0.3, -0.25) is 4.90 Å². The molecule has 3 nitrogen and oxygen atoms in total. The van der Waals surface area contributed by atoms with Gasteiger partial charge in [0.15, 0.2) is 0 Å². The van der Waals surface area contributed by atoms with Gasteiger partial charge in [0.25, 0.3) is 0 Å². The monoisotopic (exact) mass is 428 g/mol. The number of para-hydroxylation sites is 3. The fourth-order valence-electron chi connectivity index (χ4n) is 2.05. The van der Waals surface area contributed by atoms with E-state index < -0.39 is 0 Å². The van der Waals surface area contributed by atoms with E-state index in [1.807, 2.05) is 95.9 Å². The first-order valence-electron chi connectivity index (χ1n) is 7.69. The summed E-state index contributed by atoms with van der Waals surface area (Å²) in [7, 11) is 9.47. The third-order valence-corrected chi connectivity index (χ3v) is 3.23. The summed E-state index contributed by atoms with van der Waals surface area (Å²) in [6.45, 7) is 0. The Kier molecular flexibility index (Phi) is 9.54. The molecule has 0 radical (unpaired) electrons. The van der Waals surface area contributed by atoms with E-state index in [1.54, 1.807) is 12.7 Å². The van der Waals surface area contributed by atoms with Crippen LogP contribution < -0.4 is 4.90 Å². The van der Waals surface area contributed by atoms with Crippen LogP contribution in [0.5, 0.6) is 0 Å². The molecular weight excluding hydrogens is 412 g/mol. The number of anilines is 1. The van der Waals surface area contributed by atoms with Gasteiger partial charge in [-0.05, 0) is 36.4 Å². The minimum absolute atomic E-state index is 0.382. The molecule has 26 heavy (non-hydrogen) atoms. The van der Waals surface area contributed by atoms with Crippen molar-refractivity contribution in [1.82, 2.24) is 0 Å². The van der Waals surface area contributed by atoms with Crippen molar-refractivity contribution < 1.29 is 12.9 Å². The predicted molar refractivity (Wildman–Crippen MR) is 110 cm³/mol. The van der Waals surface area contributed by atoms with Crippen LogP contribution in [0.25, 0.3) is 0 Å². The van der Waals surface area contributed by atoms with Crippen molar-refractivity contribution >= 4 is 50.0 Å². The maximum absolute atomic E-state index is 4.73. The molecule has 0 atom stereocenters. The SMILES string of the molecule is C(=Nc1ccccc1)N(C=Nc1ccccc1)c1ccccc1.[Cl][Co][Cl]. The van der Waals surface area contributed by atoms with Crippen LogP contribution in [-0.2, 0) is 12.9 Å². The third-order valence-electron chi connectivity index (χ3n) is 3.23. The van der Waals surface area contributed by atoms with Crippen LogP contribution in [0.4, 0.5) is 17.1 Å². The Morgan fingerprint density at radius 3 is 1.35 bits per heavy atom. The van der Waals surface area contributed by atoms with Gasteiger partial charge >= 0.3 is 33.2 Å². The number of hydrogen-bond acceptors (Lipinski definition) is 2. The summed E-state index contributed by atoms with van der Waals surface area (Å²) in [5, 5.41) is 0. The van der Waals surface area contributed by atoms with Crippen LogP contribution in [0.3, 0.4) is 0 Å². The Hall–Kier alpha value is -2.11. The zero-order valence-corrected chi connectivity index (χ0v) is 16.3. The van der Waals surface area contributed by atoms with E-state index in [0.29, 0.717) is 12.9 Å². The Balaban J connectivity index is 0.000000758. The van der Waals surface area contributed by atoms with Crippen LogP contribution in [0.2, 0.25) is 0 Å². The van der Waals surface area contributed by atoms with Crippen molar-refractivity contribution in [2.24, 2.45) is 9.98 Å². The van der Waals surface area contributed by atoms with Crippen LogP contribution >= 0.6 is 20.3 Å². The van der Waals surface area contributed by atoms with Crippen LogP contribution in [0.1, 0.15) is 0 Å². The average molecular weight is 429 g/mol. The minimum atomic E-state index is 0.382. The van der Waals surface area contributed by atoms with Crippen molar-refractivity contribution in [1.29, 1.82) is 0 Å². The summed E-state index contributed by atoms with van der Waals surface area (Å²) in [6.07, 6.45) is 3.55. The van der Waals surface area contributed by atoms with Gasteiger partial charge in [-0.2, -0.15) is 0 Å². The number of hydrogen-bond donors (Lipinski definition) is 0. The molecule has 0 N–H and O–H groups in total. The van der Waals surface area contributed by atoms with Crippen molar-refractivity contribution in [2.45, 2.75) is 0 Å². The van der Waals surface area contributed by atoms with Crippen LogP contribution in [0, 0.1) is 0 Å². The van der Waals surface area contributed by atoms with Crippen LogP contribution in [0.15, 0.2) is 101 Å². The molecule has 135 valence electrons. The summed E-state index contributed by atoms with van der Waals surface area (Å²) in [4.78, 5) is 10.9. The van der Waals surface area contributed by atoms with Crippen LogP contribution in [-0.4, -0.2) is 12.7 Å². The van der Waals surface area contributed by atoms with Gasteiger partial charge in [0.2, 0.25) is 0 Å². The number of halogens is 2.